The zero-order valence-corrected chi connectivity index (χ0v) is 18.0. The molecule has 0 N–H and O–H groups in total. The minimum absolute atomic E-state index is 0.0343. The van der Waals surface area contributed by atoms with Crippen molar-refractivity contribution < 1.29 is 13.9 Å². The number of hydrogen-bond donors (Lipinski definition) is 0. The van der Waals surface area contributed by atoms with Gasteiger partial charge in [0, 0.05) is 18.8 Å². The van der Waals surface area contributed by atoms with Crippen molar-refractivity contribution in [1.82, 2.24) is 9.80 Å². The molecule has 0 aliphatic carbocycles. The summed E-state index contributed by atoms with van der Waals surface area (Å²) in [6.07, 6.45) is 2.13. The van der Waals surface area contributed by atoms with E-state index in [1.807, 2.05) is 23.1 Å². The number of thioether (sulfide) groups is 1. The third-order valence-corrected chi connectivity index (χ3v) is 6.35. The minimum Gasteiger partial charge on any atom is -0.497 e. The number of ether oxygens (including phenoxy) is 1. The van der Waals surface area contributed by atoms with Gasteiger partial charge in [0.15, 0.2) is 0 Å². The lowest BCUT2D eigenvalue weighted by atomic mass is 10.1. The van der Waals surface area contributed by atoms with E-state index >= 15 is 0 Å². The van der Waals surface area contributed by atoms with Crippen molar-refractivity contribution in [2.24, 2.45) is 0 Å². The Morgan fingerprint density at radius 3 is 2.79 bits per heavy atom. The van der Waals surface area contributed by atoms with E-state index in [0.29, 0.717) is 13.1 Å². The van der Waals surface area contributed by atoms with Gasteiger partial charge in [-0.05, 0) is 48.4 Å². The van der Waals surface area contributed by atoms with Gasteiger partial charge in [0.1, 0.15) is 16.9 Å². The van der Waals surface area contributed by atoms with Gasteiger partial charge in [0.25, 0.3) is 0 Å². The number of hydrogen-bond acceptors (Lipinski definition) is 4. The molecule has 1 fully saturated rings. The van der Waals surface area contributed by atoms with Gasteiger partial charge < -0.3 is 9.64 Å². The predicted molar refractivity (Wildman–Crippen MR) is 116 cm³/mol. The number of amides is 1. The Balaban J connectivity index is 1.68. The highest BCUT2D eigenvalue weighted by molar-refractivity contribution is 7.99. The lowest BCUT2D eigenvalue weighted by Crippen LogP contribution is -2.40. The van der Waals surface area contributed by atoms with Crippen LogP contribution in [0.4, 0.5) is 4.39 Å². The first-order valence-electron chi connectivity index (χ1n) is 10.1. The number of carbonyl (C=O) groups excluding carboxylic acids is 1. The van der Waals surface area contributed by atoms with E-state index in [2.05, 4.69) is 17.9 Å². The third-order valence-electron chi connectivity index (χ3n) is 5.09. The van der Waals surface area contributed by atoms with Crippen LogP contribution in [0.25, 0.3) is 0 Å². The van der Waals surface area contributed by atoms with Gasteiger partial charge in [-0.25, -0.2) is 4.39 Å². The second kappa shape index (κ2) is 10.6. The standard InChI is InChI=1S/C23H29FN2O2S/c1-3-4-12-25(16-18-6-5-7-21(15-18)28-2)17-22(27)26-13-14-29-23(26)19-8-10-20(24)11-9-19/h5-11,15,23H,3-4,12-14,16-17H2,1-2H3/t23-/m1/s1. The first-order valence-corrected chi connectivity index (χ1v) is 11.2. The van der Waals surface area contributed by atoms with E-state index < -0.39 is 0 Å². The van der Waals surface area contributed by atoms with Crippen LogP contribution in [0.15, 0.2) is 48.5 Å². The van der Waals surface area contributed by atoms with E-state index in [-0.39, 0.29) is 17.1 Å². The van der Waals surface area contributed by atoms with Crippen molar-refractivity contribution in [2.45, 2.75) is 31.7 Å². The molecule has 1 aliphatic rings. The van der Waals surface area contributed by atoms with E-state index in [9.17, 15) is 9.18 Å². The molecule has 3 rings (SSSR count). The molecule has 1 heterocycles. The molecule has 6 heteroatoms. The molecule has 0 saturated carbocycles. The normalized spacial score (nSPS) is 16.4. The quantitative estimate of drug-likeness (QED) is 0.593. The molecule has 0 spiro atoms. The van der Waals surface area contributed by atoms with E-state index in [0.717, 1.165) is 48.6 Å². The maximum atomic E-state index is 13.3. The number of benzene rings is 2. The average molecular weight is 417 g/mol. The van der Waals surface area contributed by atoms with E-state index in [1.54, 1.807) is 31.0 Å². The van der Waals surface area contributed by atoms with Crippen molar-refractivity contribution in [3.05, 3.63) is 65.5 Å². The van der Waals surface area contributed by atoms with Gasteiger partial charge in [0.2, 0.25) is 5.91 Å². The Morgan fingerprint density at radius 2 is 2.07 bits per heavy atom. The van der Waals surface area contributed by atoms with Crippen LogP contribution in [0, 0.1) is 5.82 Å². The summed E-state index contributed by atoms with van der Waals surface area (Å²) in [4.78, 5) is 17.3. The van der Waals surface area contributed by atoms with Crippen molar-refractivity contribution in [1.29, 1.82) is 0 Å². The molecule has 1 saturated heterocycles. The summed E-state index contributed by atoms with van der Waals surface area (Å²) in [7, 11) is 1.66. The average Bonchev–Trinajstić information content (AvgIpc) is 3.22. The molecule has 2 aromatic carbocycles. The molecule has 29 heavy (non-hydrogen) atoms. The van der Waals surface area contributed by atoms with Crippen LogP contribution in [-0.4, -0.2) is 48.2 Å². The summed E-state index contributed by atoms with van der Waals surface area (Å²) in [6, 6.07) is 14.5. The second-order valence-corrected chi connectivity index (χ2v) is 8.47. The molecule has 156 valence electrons. The van der Waals surface area contributed by atoms with Gasteiger partial charge in [-0.3, -0.25) is 9.69 Å². The molecule has 0 unspecified atom stereocenters. The molecule has 0 aromatic heterocycles. The summed E-state index contributed by atoms with van der Waals surface area (Å²) < 4.78 is 18.6. The molecule has 2 aromatic rings. The Bertz CT molecular complexity index is 800. The monoisotopic (exact) mass is 416 g/mol. The van der Waals surface area contributed by atoms with E-state index in [4.69, 9.17) is 4.74 Å². The van der Waals surface area contributed by atoms with Crippen LogP contribution in [0.1, 0.15) is 36.3 Å². The summed E-state index contributed by atoms with van der Waals surface area (Å²) in [6.45, 7) is 4.86. The zero-order valence-electron chi connectivity index (χ0n) is 17.1. The first kappa shape index (κ1) is 21.7. The van der Waals surface area contributed by atoms with Crippen molar-refractivity contribution in [3.8, 4) is 5.75 Å². The topological polar surface area (TPSA) is 32.8 Å². The summed E-state index contributed by atoms with van der Waals surface area (Å²) >= 11 is 1.74. The summed E-state index contributed by atoms with van der Waals surface area (Å²) in [5.41, 5.74) is 2.12. The largest absolute Gasteiger partial charge is 0.497 e. The highest BCUT2D eigenvalue weighted by Gasteiger charge is 2.31. The molecule has 1 amide bonds. The maximum absolute atomic E-state index is 13.3. The highest BCUT2D eigenvalue weighted by atomic mass is 32.2. The Hall–Kier alpha value is -2.05. The molecule has 0 bridgehead atoms. The molecular weight excluding hydrogens is 387 g/mol. The fourth-order valence-corrected chi connectivity index (χ4v) is 4.81. The van der Waals surface area contributed by atoms with Crippen molar-refractivity contribution in [2.75, 3.05) is 32.5 Å². The van der Waals surface area contributed by atoms with Crippen LogP contribution in [-0.2, 0) is 11.3 Å². The predicted octanol–water partition coefficient (Wildman–Crippen LogP) is 4.71. The van der Waals surface area contributed by atoms with Crippen molar-refractivity contribution >= 4 is 17.7 Å². The summed E-state index contributed by atoms with van der Waals surface area (Å²) in [5.74, 6) is 1.61. The summed E-state index contributed by atoms with van der Waals surface area (Å²) in [5, 5.41) is -0.0343. The Kier molecular flexibility index (Phi) is 7.95. The zero-order chi connectivity index (χ0) is 20.6. The number of nitrogens with zero attached hydrogens (tertiary/aromatic N) is 2. The molecule has 0 radical (unpaired) electrons. The SMILES string of the molecule is CCCCN(CC(=O)N1CCS[C@@H]1c1ccc(F)cc1)Cc1cccc(OC)c1. The molecule has 4 nitrogen and oxygen atoms in total. The lowest BCUT2D eigenvalue weighted by Gasteiger charge is -2.28. The third kappa shape index (κ3) is 5.97. The number of rotatable bonds is 9. The van der Waals surface area contributed by atoms with Gasteiger partial charge >= 0.3 is 0 Å². The van der Waals surface area contributed by atoms with Crippen LogP contribution in [0.5, 0.6) is 5.75 Å². The number of unbranched alkanes of at least 4 members (excludes halogenated alkanes) is 1. The second-order valence-electron chi connectivity index (χ2n) is 7.28. The highest BCUT2D eigenvalue weighted by Crippen LogP contribution is 2.38. The minimum atomic E-state index is -0.251. The van der Waals surface area contributed by atoms with Gasteiger partial charge in [-0.2, -0.15) is 0 Å². The first-order chi connectivity index (χ1) is 14.1. The maximum Gasteiger partial charge on any atom is 0.237 e. The van der Waals surface area contributed by atoms with Crippen molar-refractivity contribution in [3.63, 3.8) is 0 Å². The number of halogens is 1. The molecular formula is C23H29FN2O2S. The number of carbonyl (C=O) groups is 1. The van der Waals surface area contributed by atoms with Gasteiger partial charge in [-0.15, -0.1) is 11.8 Å². The molecule has 1 atom stereocenters. The van der Waals surface area contributed by atoms with Crippen LogP contribution < -0.4 is 4.74 Å². The lowest BCUT2D eigenvalue weighted by molar-refractivity contribution is -0.132. The smallest absolute Gasteiger partial charge is 0.237 e. The number of methoxy groups -OCH3 is 1. The van der Waals surface area contributed by atoms with E-state index in [1.165, 1.54) is 12.1 Å². The Morgan fingerprint density at radius 1 is 1.28 bits per heavy atom. The molecule has 1 aliphatic heterocycles. The van der Waals surface area contributed by atoms with Crippen LogP contribution >= 0.6 is 11.8 Å². The Labute approximate surface area is 177 Å². The van der Waals surface area contributed by atoms with Crippen LogP contribution in [0.2, 0.25) is 0 Å². The van der Waals surface area contributed by atoms with Gasteiger partial charge in [0.05, 0.1) is 13.7 Å². The van der Waals surface area contributed by atoms with Gasteiger partial charge in [-0.1, -0.05) is 37.6 Å². The van der Waals surface area contributed by atoms with Crippen LogP contribution in [0.3, 0.4) is 0 Å². The fraction of sp³-hybridized carbons (Fsp3) is 0.435. The fourth-order valence-electron chi connectivity index (χ4n) is 3.54.